The first-order valence-electron chi connectivity index (χ1n) is 9.66. The van der Waals surface area contributed by atoms with Crippen molar-refractivity contribution < 1.29 is 17.2 Å². The first-order chi connectivity index (χ1) is 13.8. The molecule has 2 unspecified atom stereocenters. The lowest BCUT2D eigenvalue weighted by Crippen LogP contribution is -2.44. The van der Waals surface area contributed by atoms with Gasteiger partial charge in [-0.05, 0) is 76.9 Å². The molecule has 0 radical (unpaired) electrons. The zero-order valence-corrected chi connectivity index (χ0v) is 19.8. The molecule has 0 aliphatic rings. The average Bonchev–Trinajstić information content (AvgIpc) is 2.64. The van der Waals surface area contributed by atoms with Crippen molar-refractivity contribution in [2.45, 2.75) is 63.1 Å². The van der Waals surface area contributed by atoms with Crippen molar-refractivity contribution in [2.24, 2.45) is 0 Å². The fourth-order valence-electron chi connectivity index (χ4n) is 2.58. The highest BCUT2D eigenvalue weighted by molar-refractivity contribution is 7.84. The summed E-state index contributed by atoms with van der Waals surface area (Å²) >= 11 is 0. The van der Waals surface area contributed by atoms with Crippen molar-refractivity contribution in [3.05, 3.63) is 71.3 Å². The minimum Gasteiger partial charge on any atom is -0.242 e. The molecule has 0 aromatic heterocycles. The average molecular weight is 457 g/mol. The number of halogens is 2. The lowest BCUT2D eigenvalue weighted by molar-refractivity contribution is 0.483. The Labute approximate surface area is 183 Å². The minimum atomic E-state index is -1.46. The minimum absolute atomic E-state index is 0.390. The predicted molar refractivity (Wildman–Crippen MR) is 120 cm³/mol. The summed E-state index contributed by atoms with van der Waals surface area (Å²) in [4.78, 5) is 0. The van der Waals surface area contributed by atoms with Crippen LogP contribution in [-0.2, 0) is 22.0 Å². The van der Waals surface area contributed by atoms with E-state index in [0.717, 1.165) is 0 Å². The Hall–Kier alpha value is -1.48. The van der Waals surface area contributed by atoms with Gasteiger partial charge in [-0.2, -0.15) is 0 Å². The highest BCUT2D eigenvalue weighted by Gasteiger charge is 2.33. The molecule has 0 spiro atoms. The molecular weight excluding hydrogens is 426 g/mol. The van der Waals surface area contributed by atoms with E-state index >= 15 is 0 Å². The van der Waals surface area contributed by atoms with Gasteiger partial charge < -0.3 is 0 Å². The SMILES string of the molecule is CC(C)(C)S(=O)N[C@@H](c1ccc(F)cc1)[C@@H](NS(=O)C(C)(C)C)c1ccc(F)cc1. The second kappa shape index (κ2) is 9.77. The van der Waals surface area contributed by atoms with Gasteiger partial charge in [0.1, 0.15) is 11.6 Å². The lowest BCUT2D eigenvalue weighted by Gasteiger charge is -2.33. The van der Waals surface area contributed by atoms with E-state index in [0.29, 0.717) is 11.1 Å². The van der Waals surface area contributed by atoms with E-state index in [-0.39, 0.29) is 11.6 Å². The normalized spacial score (nSPS) is 16.7. The largest absolute Gasteiger partial charge is 0.242 e. The van der Waals surface area contributed by atoms with Crippen LogP contribution in [0.15, 0.2) is 48.5 Å². The molecule has 4 nitrogen and oxygen atoms in total. The van der Waals surface area contributed by atoms with Crippen LogP contribution in [0.1, 0.15) is 64.8 Å². The summed E-state index contributed by atoms with van der Waals surface area (Å²) in [7, 11) is -2.93. The standard InChI is InChI=1S/C22H30F2N2O2S2/c1-21(2,3)29(27)25-19(15-7-11-17(23)12-8-15)20(26-30(28)22(4,5)6)16-9-13-18(24)14-10-16/h7-14,19-20,25-26H,1-6H3/t19-,20-,29?,30?/m0/s1. The van der Waals surface area contributed by atoms with Gasteiger partial charge in [0.15, 0.2) is 0 Å². The molecule has 2 aromatic rings. The second-order valence-corrected chi connectivity index (χ2v) is 13.1. The van der Waals surface area contributed by atoms with Gasteiger partial charge in [-0.25, -0.2) is 26.6 Å². The maximum Gasteiger partial charge on any atom is 0.123 e. The van der Waals surface area contributed by atoms with E-state index in [1.807, 2.05) is 41.5 Å². The molecule has 0 aliphatic heterocycles. The third-order valence-corrected chi connectivity index (χ3v) is 7.53. The van der Waals surface area contributed by atoms with Gasteiger partial charge in [-0.3, -0.25) is 0 Å². The van der Waals surface area contributed by atoms with Gasteiger partial charge in [0.05, 0.1) is 43.5 Å². The summed E-state index contributed by atoms with van der Waals surface area (Å²) < 4.78 is 58.1. The van der Waals surface area contributed by atoms with Crippen LogP contribution >= 0.6 is 0 Å². The van der Waals surface area contributed by atoms with E-state index in [2.05, 4.69) is 9.44 Å². The molecule has 0 saturated heterocycles. The molecule has 30 heavy (non-hydrogen) atoms. The molecule has 166 valence electrons. The van der Waals surface area contributed by atoms with Crippen molar-refractivity contribution in [1.82, 2.24) is 9.44 Å². The van der Waals surface area contributed by atoms with Crippen molar-refractivity contribution in [2.75, 3.05) is 0 Å². The molecule has 0 bridgehead atoms. The summed E-state index contributed by atoms with van der Waals surface area (Å²) in [6, 6.07) is 10.5. The Balaban J connectivity index is 2.57. The maximum absolute atomic E-state index is 13.6. The lowest BCUT2D eigenvalue weighted by atomic mass is 9.95. The third kappa shape index (κ3) is 6.77. The van der Waals surface area contributed by atoms with Crippen LogP contribution in [0.5, 0.6) is 0 Å². The fraction of sp³-hybridized carbons (Fsp3) is 0.455. The van der Waals surface area contributed by atoms with Crippen LogP contribution in [0.3, 0.4) is 0 Å². The Morgan fingerprint density at radius 1 is 0.633 bits per heavy atom. The highest BCUT2D eigenvalue weighted by atomic mass is 32.2. The van der Waals surface area contributed by atoms with Gasteiger partial charge in [0.2, 0.25) is 0 Å². The van der Waals surface area contributed by atoms with Crippen LogP contribution < -0.4 is 9.44 Å². The van der Waals surface area contributed by atoms with Crippen molar-refractivity contribution in [3.63, 3.8) is 0 Å². The zero-order chi connectivity index (χ0) is 22.7. The molecule has 0 heterocycles. The summed E-state index contributed by atoms with van der Waals surface area (Å²) in [6.07, 6.45) is 0. The zero-order valence-electron chi connectivity index (χ0n) is 18.2. The van der Waals surface area contributed by atoms with Crippen LogP contribution in [0, 0.1) is 11.6 Å². The van der Waals surface area contributed by atoms with Crippen molar-refractivity contribution in [1.29, 1.82) is 0 Å². The van der Waals surface area contributed by atoms with E-state index in [1.165, 1.54) is 24.3 Å². The smallest absolute Gasteiger partial charge is 0.123 e. The summed E-state index contributed by atoms with van der Waals surface area (Å²) in [5, 5.41) is 0. The number of benzene rings is 2. The molecule has 2 N–H and O–H groups in total. The van der Waals surface area contributed by atoms with Crippen molar-refractivity contribution >= 4 is 22.0 Å². The van der Waals surface area contributed by atoms with Gasteiger partial charge in [-0.1, -0.05) is 24.3 Å². The Morgan fingerprint density at radius 3 is 1.13 bits per heavy atom. The number of nitrogens with one attached hydrogen (secondary N) is 2. The Bertz CT molecular complexity index is 814. The van der Waals surface area contributed by atoms with Crippen LogP contribution in [0.4, 0.5) is 8.78 Å². The monoisotopic (exact) mass is 456 g/mol. The van der Waals surface area contributed by atoms with Gasteiger partial charge in [-0.15, -0.1) is 0 Å². The number of hydrogen-bond donors (Lipinski definition) is 2. The molecule has 8 heteroatoms. The number of rotatable bonds is 7. The third-order valence-electron chi connectivity index (χ3n) is 4.37. The molecule has 2 rings (SSSR count). The Morgan fingerprint density at radius 2 is 0.900 bits per heavy atom. The molecular formula is C22H30F2N2O2S2. The fourth-order valence-corrected chi connectivity index (χ4v) is 4.29. The first kappa shape index (κ1) is 24.8. The van der Waals surface area contributed by atoms with Crippen molar-refractivity contribution in [3.8, 4) is 0 Å². The van der Waals surface area contributed by atoms with E-state index in [1.54, 1.807) is 24.3 Å². The summed E-state index contributed by atoms with van der Waals surface area (Å²) in [5.41, 5.74) is 1.34. The van der Waals surface area contributed by atoms with Crippen LogP contribution in [0.2, 0.25) is 0 Å². The summed E-state index contributed by atoms with van der Waals surface area (Å²) in [5.74, 6) is -0.780. The Kier molecular flexibility index (Phi) is 8.07. The van der Waals surface area contributed by atoms with E-state index in [9.17, 15) is 17.2 Å². The summed E-state index contributed by atoms with van der Waals surface area (Å²) in [6.45, 7) is 11.0. The molecule has 0 saturated carbocycles. The van der Waals surface area contributed by atoms with Gasteiger partial charge in [0.25, 0.3) is 0 Å². The first-order valence-corrected chi connectivity index (χ1v) is 12.0. The highest BCUT2D eigenvalue weighted by Crippen LogP contribution is 2.32. The van der Waals surface area contributed by atoms with Gasteiger partial charge >= 0.3 is 0 Å². The maximum atomic E-state index is 13.6. The molecule has 0 aliphatic carbocycles. The topological polar surface area (TPSA) is 58.2 Å². The van der Waals surface area contributed by atoms with Crippen LogP contribution in [0.25, 0.3) is 0 Å². The number of hydrogen-bond acceptors (Lipinski definition) is 2. The molecule has 0 fully saturated rings. The second-order valence-electron chi connectivity index (χ2n) is 9.06. The molecule has 0 amide bonds. The molecule has 2 aromatic carbocycles. The van der Waals surface area contributed by atoms with Crippen LogP contribution in [-0.4, -0.2) is 17.9 Å². The molecule has 4 atom stereocenters. The van der Waals surface area contributed by atoms with E-state index in [4.69, 9.17) is 0 Å². The predicted octanol–water partition coefficient (Wildman–Crippen LogP) is 4.85. The quantitative estimate of drug-likeness (QED) is 0.626. The van der Waals surface area contributed by atoms with Gasteiger partial charge in [0, 0.05) is 0 Å². The van der Waals surface area contributed by atoms with E-state index < -0.39 is 43.5 Å².